The summed E-state index contributed by atoms with van der Waals surface area (Å²) in [5.41, 5.74) is 0.155. The minimum Gasteiger partial charge on any atom is -0.480 e. The Kier molecular flexibility index (Phi) is 4.88. The molecule has 0 aromatic carbocycles. The maximum atomic E-state index is 12.1. The Hall–Kier alpha value is -2.42. The zero-order valence-electron chi connectivity index (χ0n) is 11.4. The number of rotatable bonds is 5. The Balaban J connectivity index is 2.13. The van der Waals surface area contributed by atoms with E-state index in [0.29, 0.717) is 5.82 Å². The molecule has 0 spiro atoms. The first kappa shape index (κ1) is 15.0. The fourth-order valence-corrected chi connectivity index (χ4v) is 1.89. The normalized spacial score (nSPS) is 11.7. The van der Waals surface area contributed by atoms with Crippen LogP contribution in [0.3, 0.4) is 0 Å². The van der Waals surface area contributed by atoms with Crippen LogP contribution in [0.25, 0.3) is 0 Å². The number of nitrogens with one attached hydrogen (secondary N) is 1. The van der Waals surface area contributed by atoms with Crippen molar-refractivity contribution in [1.82, 2.24) is 25.3 Å². The van der Waals surface area contributed by atoms with E-state index in [9.17, 15) is 9.00 Å². The van der Waals surface area contributed by atoms with Crippen LogP contribution < -0.4 is 10.1 Å². The van der Waals surface area contributed by atoms with E-state index in [1.165, 1.54) is 19.6 Å². The van der Waals surface area contributed by atoms with Crippen molar-refractivity contribution in [3.8, 4) is 5.88 Å². The molecule has 2 aromatic heterocycles. The molecule has 0 aliphatic carbocycles. The van der Waals surface area contributed by atoms with Gasteiger partial charge in [0.15, 0.2) is 0 Å². The van der Waals surface area contributed by atoms with Crippen molar-refractivity contribution >= 4 is 16.7 Å². The van der Waals surface area contributed by atoms with Gasteiger partial charge in [0.05, 0.1) is 24.5 Å². The molecule has 0 saturated heterocycles. The van der Waals surface area contributed by atoms with Crippen molar-refractivity contribution in [2.24, 2.45) is 0 Å². The second-order valence-electron chi connectivity index (χ2n) is 3.88. The quantitative estimate of drug-likeness (QED) is 0.771. The van der Waals surface area contributed by atoms with E-state index in [-0.39, 0.29) is 23.1 Å². The Morgan fingerprint density at radius 3 is 2.67 bits per heavy atom. The lowest BCUT2D eigenvalue weighted by molar-refractivity contribution is 0.0945. The van der Waals surface area contributed by atoms with Gasteiger partial charge in [-0.05, 0) is 6.07 Å². The van der Waals surface area contributed by atoms with Crippen LogP contribution in [0, 0.1) is 0 Å². The van der Waals surface area contributed by atoms with Gasteiger partial charge in [0.1, 0.15) is 11.4 Å². The molecule has 1 amide bonds. The van der Waals surface area contributed by atoms with Crippen molar-refractivity contribution in [3.05, 3.63) is 36.0 Å². The van der Waals surface area contributed by atoms with Crippen molar-refractivity contribution < 1.29 is 13.7 Å². The van der Waals surface area contributed by atoms with Crippen LogP contribution in [0.4, 0.5) is 0 Å². The highest BCUT2D eigenvalue weighted by Gasteiger charge is 2.16. The summed E-state index contributed by atoms with van der Waals surface area (Å²) in [5, 5.41) is 2.75. The molecule has 2 aromatic rings. The van der Waals surface area contributed by atoms with E-state index < -0.39 is 16.7 Å². The second-order valence-corrected chi connectivity index (χ2v) is 5.15. The molecule has 1 N–H and O–H groups in total. The Morgan fingerprint density at radius 1 is 1.33 bits per heavy atom. The molecule has 0 radical (unpaired) electrons. The molecule has 2 rings (SSSR count). The minimum atomic E-state index is -1.35. The van der Waals surface area contributed by atoms with E-state index in [2.05, 4.69) is 25.3 Å². The summed E-state index contributed by atoms with van der Waals surface area (Å²) in [6.07, 6.45) is 5.90. The number of hydrogen-bond donors (Lipinski definition) is 1. The lowest BCUT2D eigenvalue weighted by atomic mass is 10.3. The Labute approximate surface area is 123 Å². The summed E-state index contributed by atoms with van der Waals surface area (Å²) < 4.78 is 16.4. The van der Waals surface area contributed by atoms with Crippen molar-refractivity contribution in [2.75, 3.05) is 13.4 Å². The fraction of sp³-hybridized carbons (Fsp3) is 0.250. The molecular weight excluding hydrogens is 294 g/mol. The predicted octanol–water partition coefficient (Wildman–Crippen LogP) is -0.0574. The van der Waals surface area contributed by atoms with Crippen molar-refractivity contribution in [2.45, 2.75) is 11.7 Å². The molecule has 0 aliphatic rings. The Morgan fingerprint density at radius 2 is 2.05 bits per heavy atom. The average molecular weight is 307 g/mol. The maximum absolute atomic E-state index is 12.1. The van der Waals surface area contributed by atoms with Gasteiger partial charge < -0.3 is 10.1 Å². The summed E-state index contributed by atoms with van der Waals surface area (Å²) in [6.45, 7) is 0.171. The summed E-state index contributed by atoms with van der Waals surface area (Å²) in [4.78, 5) is 27.9. The predicted molar refractivity (Wildman–Crippen MR) is 74.1 cm³/mol. The van der Waals surface area contributed by atoms with Gasteiger partial charge in [-0.2, -0.15) is 4.98 Å². The smallest absolute Gasteiger partial charge is 0.258 e. The number of carbonyl (C=O) groups excluding carboxylic acids is 1. The van der Waals surface area contributed by atoms with E-state index >= 15 is 0 Å². The van der Waals surface area contributed by atoms with Crippen LogP contribution in [0.5, 0.6) is 5.88 Å². The fourth-order valence-electron chi connectivity index (χ4n) is 1.48. The van der Waals surface area contributed by atoms with Crippen LogP contribution in [-0.2, 0) is 17.3 Å². The summed E-state index contributed by atoms with van der Waals surface area (Å²) in [7, 11) is 0.0271. The number of ether oxygens (including phenoxy) is 1. The summed E-state index contributed by atoms with van der Waals surface area (Å²) in [6, 6.07) is 1.69. The maximum Gasteiger partial charge on any atom is 0.258 e. The first-order chi connectivity index (χ1) is 10.1. The molecule has 1 unspecified atom stereocenters. The van der Waals surface area contributed by atoms with Crippen LogP contribution in [0.2, 0.25) is 0 Å². The van der Waals surface area contributed by atoms with Gasteiger partial charge in [0, 0.05) is 24.8 Å². The second kappa shape index (κ2) is 6.84. The van der Waals surface area contributed by atoms with Gasteiger partial charge in [0.2, 0.25) is 11.0 Å². The first-order valence-electron chi connectivity index (χ1n) is 5.90. The largest absolute Gasteiger partial charge is 0.480 e. The third-order valence-corrected chi connectivity index (χ3v) is 3.16. The molecule has 0 aliphatic heterocycles. The SMILES string of the molecule is COc1nc(S(C)=O)ncc1C(=O)NCc1ncccn1. The molecule has 8 nitrogen and oxygen atoms in total. The monoisotopic (exact) mass is 307 g/mol. The van der Waals surface area contributed by atoms with Crippen molar-refractivity contribution in [3.63, 3.8) is 0 Å². The topological polar surface area (TPSA) is 107 Å². The molecule has 0 bridgehead atoms. The number of aromatic nitrogens is 4. The minimum absolute atomic E-state index is 0.0710. The third kappa shape index (κ3) is 3.78. The van der Waals surface area contributed by atoms with Crippen LogP contribution >= 0.6 is 0 Å². The highest BCUT2D eigenvalue weighted by Crippen LogP contribution is 2.15. The zero-order chi connectivity index (χ0) is 15.2. The van der Waals surface area contributed by atoms with Crippen LogP contribution in [0.15, 0.2) is 29.8 Å². The summed E-state index contributed by atoms with van der Waals surface area (Å²) in [5.74, 6) is 0.131. The van der Waals surface area contributed by atoms with Gasteiger partial charge in [-0.3, -0.25) is 9.00 Å². The Bertz CT molecular complexity index is 665. The number of nitrogens with zero attached hydrogens (tertiary/aromatic N) is 4. The molecule has 1 atom stereocenters. The molecule has 21 heavy (non-hydrogen) atoms. The van der Waals surface area contributed by atoms with Gasteiger partial charge in [-0.15, -0.1) is 0 Å². The van der Waals surface area contributed by atoms with Crippen molar-refractivity contribution in [1.29, 1.82) is 0 Å². The number of amides is 1. The molecule has 9 heteroatoms. The van der Waals surface area contributed by atoms with E-state index in [1.54, 1.807) is 18.5 Å². The molecular formula is C12H13N5O3S. The van der Waals surface area contributed by atoms with E-state index in [0.717, 1.165) is 0 Å². The molecule has 0 fully saturated rings. The average Bonchev–Trinajstić information content (AvgIpc) is 2.52. The lowest BCUT2D eigenvalue weighted by Crippen LogP contribution is -2.25. The zero-order valence-corrected chi connectivity index (χ0v) is 12.3. The number of hydrogen-bond acceptors (Lipinski definition) is 7. The summed E-state index contributed by atoms with van der Waals surface area (Å²) >= 11 is 0. The van der Waals surface area contributed by atoms with Crippen LogP contribution in [-0.4, -0.2) is 43.4 Å². The lowest BCUT2D eigenvalue weighted by Gasteiger charge is -2.08. The van der Waals surface area contributed by atoms with Gasteiger partial charge in [-0.25, -0.2) is 15.0 Å². The van der Waals surface area contributed by atoms with Gasteiger partial charge >= 0.3 is 0 Å². The van der Waals surface area contributed by atoms with E-state index in [1.807, 2.05) is 0 Å². The molecule has 0 saturated carbocycles. The van der Waals surface area contributed by atoms with Gasteiger partial charge in [0.25, 0.3) is 5.91 Å². The first-order valence-corrected chi connectivity index (χ1v) is 7.46. The number of carbonyl (C=O) groups is 1. The molecule has 110 valence electrons. The molecule has 2 heterocycles. The van der Waals surface area contributed by atoms with E-state index in [4.69, 9.17) is 4.74 Å². The van der Waals surface area contributed by atoms with Gasteiger partial charge in [-0.1, -0.05) is 0 Å². The highest BCUT2D eigenvalue weighted by molar-refractivity contribution is 7.84. The standard InChI is InChI=1S/C12H13N5O3S/c1-20-11-8(6-16-12(17-11)21(2)19)10(18)15-7-9-13-4-3-5-14-9/h3-6H,7H2,1-2H3,(H,15,18). The highest BCUT2D eigenvalue weighted by atomic mass is 32.2. The number of methoxy groups -OCH3 is 1. The third-order valence-electron chi connectivity index (χ3n) is 2.45. The van der Waals surface area contributed by atoms with Crippen LogP contribution in [0.1, 0.15) is 16.2 Å².